The van der Waals surface area contributed by atoms with Crippen molar-refractivity contribution in [3.05, 3.63) is 71.7 Å². The van der Waals surface area contributed by atoms with Crippen LogP contribution in [-0.2, 0) is 4.74 Å². The lowest BCUT2D eigenvalue weighted by Gasteiger charge is -2.12. The zero-order chi connectivity index (χ0) is 28.5. The first kappa shape index (κ1) is 28.4. The lowest BCUT2D eigenvalue weighted by atomic mass is 10.1. The smallest absolute Gasteiger partial charge is 0.251 e. The summed E-state index contributed by atoms with van der Waals surface area (Å²) < 4.78 is 41.8. The third-order valence-corrected chi connectivity index (χ3v) is 5.81. The SMILES string of the molecule is Cc1cc(Nc2nccn3c(-c4ccc(OCC#CCN)c(F)c4F)cnc23)ccc1C(=O)NCCOCCN. The Bertz CT molecular complexity index is 1560. The Kier molecular flexibility index (Phi) is 9.58. The van der Waals surface area contributed by atoms with Gasteiger partial charge in [0.15, 0.2) is 23.0 Å². The number of rotatable bonds is 11. The molecule has 40 heavy (non-hydrogen) atoms. The van der Waals surface area contributed by atoms with E-state index in [1.54, 1.807) is 28.8 Å². The van der Waals surface area contributed by atoms with Crippen molar-refractivity contribution in [1.29, 1.82) is 0 Å². The van der Waals surface area contributed by atoms with Crippen LogP contribution < -0.4 is 26.8 Å². The normalized spacial score (nSPS) is 10.7. The molecule has 4 rings (SSSR count). The summed E-state index contributed by atoms with van der Waals surface area (Å²) in [6.45, 7) is 3.47. The number of anilines is 2. The molecule has 0 radical (unpaired) electrons. The standard InChI is InChI=1S/C28H29F2N7O3/c1-18-16-19(4-5-20(18)28(38)34-11-15-39-14-9-32)36-26-27-35-17-22(37(27)12-10-33-26)21-6-7-23(25(30)24(21)29)40-13-3-2-8-31/h4-7,10,12,16-17H,8-9,11,13-15,31-32H2,1H3,(H,33,36)(H,34,38). The van der Waals surface area contributed by atoms with Gasteiger partial charge in [-0.15, -0.1) is 0 Å². The Morgan fingerprint density at radius 3 is 2.73 bits per heavy atom. The number of imidazole rings is 1. The van der Waals surface area contributed by atoms with Crippen LogP contribution in [0.25, 0.3) is 16.9 Å². The van der Waals surface area contributed by atoms with Gasteiger partial charge in [-0.25, -0.2) is 14.4 Å². The summed E-state index contributed by atoms with van der Waals surface area (Å²) in [6, 6.07) is 8.01. The molecule has 0 saturated heterocycles. The number of benzene rings is 2. The lowest BCUT2D eigenvalue weighted by Crippen LogP contribution is -2.28. The number of fused-ring (bicyclic) bond motifs is 1. The highest BCUT2D eigenvalue weighted by Crippen LogP contribution is 2.31. The number of nitrogens with zero attached hydrogens (tertiary/aromatic N) is 3. The molecule has 0 saturated carbocycles. The molecule has 4 aromatic rings. The van der Waals surface area contributed by atoms with Crippen LogP contribution in [0.15, 0.2) is 48.9 Å². The molecule has 2 heterocycles. The van der Waals surface area contributed by atoms with Crippen LogP contribution in [0.5, 0.6) is 5.75 Å². The highest BCUT2D eigenvalue weighted by Gasteiger charge is 2.19. The molecule has 6 N–H and O–H groups in total. The number of halogens is 2. The number of carbonyl (C=O) groups excluding carboxylic acids is 1. The number of nitrogens with two attached hydrogens (primary N) is 2. The van der Waals surface area contributed by atoms with E-state index in [1.807, 2.05) is 6.92 Å². The van der Waals surface area contributed by atoms with Crippen molar-refractivity contribution >= 4 is 23.1 Å². The van der Waals surface area contributed by atoms with Gasteiger partial charge >= 0.3 is 0 Å². The molecule has 0 bridgehead atoms. The zero-order valence-electron chi connectivity index (χ0n) is 21.8. The van der Waals surface area contributed by atoms with Crippen LogP contribution in [-0.4, -0.2) is 59.7 Å². The second-order valence-electron chi connectivity index (χ2n) is 8.51. The second kappa shape index (κ2) is 13.5. The number of aryl methyl sites for hydroxylation is 1. The average Bonchev–Trinajstić information content (AvgIpc) is 3.38. The number of ether oxygens (including phenoxy) is 2. The Hall–Kier alpha value is -4.57. The van der Waals surface area contributed by atoms with E-state index in [0.717, 1.165) is 5.56 Å². The van der Waals surface area contributed by atoms with Crippen molar-refractivity contribution in [1.82, 2.24) is 19.7 Å². The summed E-state index contributed by atoms with van der Waals surface area (Å²) in [5.74, 6) is 2.92. The van der Waals surface area contributed by atoms with Crippen molar-refractivity contribution in [3.63, 3.8) is 0 Å². The van der Waals surface area contributed by atoms with E-state index >= 15 is 4.39 Å². The van der Waals surface area contributed by atoms with Gasteiger partial charge in [-0.2, -0.15) is 4.39 Å². The van der Waals surface area contributed by atoms with Crippen LogP contribution in [0.3, 0.4) is 0 Å². The van der Waals surface area contributed by atoms with Crippen molar-refractivity contribution in [2.24, 2.45) is 11.5 Å². The fourth-order valence-electron chi connectivity index (χ4n) is 3.94. The minimum atomic E-state index is -1.13. The van der Waals surface area contributed by atoms with Crippen LogP contribution in [0.2, 0.25) is 0 Å². The van der Waals surface area contributed by atoms with Crippen LogP contribution in [0.4, 0.5) is 20.3 Å². The molecule has 0 fully saturated rings. The van der Waals surface area contributed by atoms with Gasteiger partial charge in [-0.3, -0.25) is 9.20 Å². The van der Waals surface area contributed by atoms with E-state index in [0.29, 0.717) is 54.7 Å². The number of carbonyl (C=O) groups is 1. The van der Waals surface area contributed by atoms with E-state index < -0.39 is 11.6 Å². The first-order valence-corrected chi connectivity index (χ1v) is 12.5. The summed E-state index contributed by atoms with van der Waals surface area (Å²) in [5, 5.41) is 6.00. The largest absolute Gasteiger partial charge is 0.478 e. The second-order valence-corrected chi connectivity index (χ2v) is 8.51. The van der Waals surface area contributed by atoms with Crippen molar-refractivity contribution in [2.45, 2.75) is 6.92 Å². The van der Waals surface area contributed by atoms with Gasteiger partial charge in [0, 0.05) is 42.3 Å². The number of aromatic nitrogens is 3. The van der Waals surface area contributed by atoms with Gasteiger partial charge in [0.25, 0.3) is 5.91 Å². The Morgan fingerprint density at radius 2 is 1.95 bits per heavy atom. The fraction of sp³-hybridized carbons (Fsp3) is 0.250. The van der Waals surface area contributed by atoms with Crippen LogP contribution in [0.1, 0.15) is 15.9 Å². The molecule has 0 aliphatic carbocycles. The summed E-state index contributed by atoms with van der Waals surface area (Å²) >= 11 is 0. The first-order valence-electron chi connectivity index (χ1n) is 12.5. The monoisotopic (exact) mass is 549 g/mol. The molecule has 0 atom stereocenters. The molecule has 2 aromatic heterocycles. The van der Waals surface area contributed by atoms with Crippen LogP contribution >= 0.6 is 0 Å². The zero-order valence-corrected chi connectivity index (χ0v) is 21.8. The Labute approximate surface area is 229 Å². The predicted molar refractivity (Wildman–Crippen MR) is 147 cm³/mol. The van der Waals surface area contributed by atoms with E-state index in [-0.39, 0.29) is 30.4 Å². The fourth-order valence-corrected chi connectivity index (χ4v) is 3.94. The van der Waals surface area contributed by atoms with E-state index in [9.17, 15) is 9.18 Å². The molecule has 2 aromatic carbocycles. The maximum absolute atomic E-state index is 15.0. The van der Waals surface area contributed by atoms with Crippen molar-refractivity contribution in [3.8, 4) is 28.8 Å². The minimum absolute atomic E-state index is 0.00202. The van der Waals surface area contributed by atoms with Gasteiger partial charge in [-0.1, -0.05) is 11.8 Å². The molecular formula is C28H29F2N7O3. The highest BCUT2D eigenvalue weighted by atomic mass is 19.2. The number of nitrogens with one attached hydrogen (secondary N) is 2. The lowest BCUT2D eigenvalue weighted by molar-refractivity contribution is 0.0919. The third-order valence-electron chi connectivity index (χ3n) is 5.81. The number of hydrogen-bond acceptors (Lipinski definition) is 8. The van der Waals surface area contributed by atoms with E-state index in [1.165, 1.54) is 24.5 Å². The average molecular weight is 550 g/mol. The predicted octanol–water partition coefficient (Wildman–Crippen LogP) is 2.77. The maximum atomic E-state index is 15.0. The molecule has 0 aliphatic rings. The molecule has 0 aliphatic heterocycles. The molecule has 1 amide bonds. The van der Waals surface area contributed by atoms with Gasteiger partial charge in [0.05, 0.1) is 31.6 Å². The summed E-state index contributed by atoms with van der Waals surface area (Å²) in [6.07, 6.45) is 4.55. The van der Waals surface area contributed by atoms with E-state index in [2.05, 4.69) is 32.4 Å². The van der Waals surface area contributed by atoms with Crippen molar-refractivity contribution < 1.29 is 23.0 Å². The van der Waals surface area contributed by atoms with Gasteiger partial charge in [-0.05, 0) is 42.8 Å². The van der Waals surface area contributed by atoms with Gasteiger partial charge in [0.2, 0.25) is 5.82 Å². The number of amides is 1. The number of hydrogen-bond donors (Lipinski definition) is 4. The topological polar surface area (TPSA) is 142 Å². The van der Waals surface area contributed by atoms with Gasteiger partial charge in [0.1, 0.15) is 6.61 Å². The Balaban J connectivity index is 1.52. The minimum Gasteiger partial charge on any atom is -0.478 e. The summed E-state index contributed by atoms with van der Waals surface area (Å²) in [5.41, 5.74) is 13.3. The summed E-state index contributed by atoms with van der Waals surface area (Å²) in [4.78, 5) is 21.3. The maximum Gasteiger partial charge on any atom is 0.251 e. The van der Waals surface area contributed by atoms with Crippen LogP contribution in [0, 0.1) is 30.4 Å². The molecule has 0 unspecified atom stereocenters. The van der Waals surface area contributed by atoms with Crippen molar-refractivity contribution in [2.75, 3.05) is 44.8 Å². The highest BCUT2D eigenvalue weighted by molar-refractivity contribution is 5.96. The molecule has 12 heteroatoms. The molecular weight excluding hydrogens is 520 g/mol. The molecule has 0 spiro atoms. The first-order chi connectivity index (χ1) is 19.4. The van der Waals surface area contributed by atoms with E-state index in [4.69, 9.17) is 20.9 Å². The quantitative estimate of drug-likeness (QED) is 0.165. The Morgan fingerprint density at radius 1 is 1.10 bits per heavy atom. The van der Waals surface area contributed by atoms with Gasteiger partial charge < -0.3 is 31.6 Å². The molecule has 208 valence electrons. The third kappa shape index (κ3) is 6.52. The molecule has 10 nitrogen and oxygen atoms in total. The summed E-state index contributed by atoms with van der Waals surface area (Å²) in [7, 11) is 0.